The van der Waals surface area contributed by atoms with Crippen molar-refractivity contribution in [2.45, 2.75) is 26.9 Å². The van der Waals surface area contributed by atoms with E-state index >= 15 is 0 Å². The molecule has 0 saturated heterocycles. The first kappa shape index (κ1) is 19.2. The molecule has 0 heterocycles. The molecule has 0 radical (unpaired) electrons. The van der Waals surface area contributed by atoms with Gasteiger partial charge >= 0.3 is 0 Å². The van der Waals surface area contributed by atoms with Gasteiger partial charge in [0.1, 0.15) is 11.9 Å². The Bertz CT molecular complexity index is 617. The third-order valence-corrected chi connectivity index (χ3v) is 3.63. The number of rotatable bonds is 8. The second-order valence-electron chi connectivity index (χ2n) is 5.26. The SMILES string of the molecule is CCNC(=NCC(C)Oc1cccc(C)c1)NCCS(N)(=O)=O. The van der Waals surface area contributed by atoms with E-state index in [-0.39, 0.29) is 18.4 Å². The molecule has 1 atom stereocenters. The number of nitrogens with zero attached hydrogens (tertiary/aromatic N) is 1. The summed E-state index contributed by atoms with van der Waals surface area (Å²) < 4.78 is 27.7. The molecule has 0 aromatic heterocycles. The van der Waals surface area contributed by atoms with E-state index in [1.54, 1.807) is 0 Å². The predicted molar refractivity (Wildman–Crippen MR) is 93.2 cm³/mol. The minimum atomic E-state index is -3.48. The average Bonchev–Trinajstić information content (AvgIpc) is 2.43. The Hall–Kier alpha value is -1.80. The Morgan fingerprint density at radius 3 is 2.74 bits per heavy atom. The lowest BCUT2D eigenvalue weighted by Gasteiger charge is -2.15. The Kier molecular flexibility index (Phi) is 7.84. The number of primary sulfonamides is 1. The van der Waals surface area contributed by atoms with Crippen LogP contribution in [0.3, 0.4) is 0 Å². The molecule has 0 amide bonds. The standard InChI is InChI=1S/C15H26N4O3S/c1-4-17-15(18-8-9-23(16,20)21)19-11-13(3)22-14-7-5-6-12(2)10-14/h5-7,10,13H,4,8-9,11H2,1-3H3,(H2,16,20,21)(H2,17,18,19). The van der Waals surface area contributed by atoms with Gasteiger partial charge in [-0.2, -0.15) is 0 Å². The summed E-state index contributed by atoms with van der Waals surface area (Å²) >= 11 is 0. The van der Waals surface area contributed by atoms with Crippen LogP contribution in [0.1, 0.15) is 19.4 Å². The van der Waals surface area contributed by atoms with Gasteiger partial charge in [0.15, 0.2) is 5.96 Å². The average molecular weight is 342 g/mol. The normalized spacial score (nSPS) is 13.5. The summed E-state index contributed by atoms with van der Waals surface area (Å²) in [5.41, 5.74) is 1.14. The molecule has 130 valence electrons. The predicted octanol–water partition coefficient (Wildman–Crippen LogP) is 0.606. The zero-order valence-electron chi connectivity index (χ0n) is 13.9. The van der Waals surface area contributed by atoms with Crippen molar-refractivity contribution in [2.24, 2.45) is 10.1 Å². The molecule has 7 nitrogen and oxygen atoms in total. The molecule has 0 aliphatic carbocycles. The molecule has 1 aromatic rings. The lowest BCUT2D eigenvalue weighted by molar-refractivity contribution is 0.230. The van der Waals surface area contributed by atoms with Crippen LogP contribution in [0, 0.1) is 6.92 Å². The Balaban J connectivity index is 2.51. The summed E-state index contributed by atoms with van der Waals surface area (Å²) in [5.74, 6) is 1.20. The quantitative estimate of drug-likeness (QED) is 0.474. The Morgan fingerprint density at radius 2 is 2.13 bits per heavy atom. The summed E-state index contributed by atoms with van der Waals surface area (Å²) in [4.78, 5) is 4.39. The lowest BCUT2D eigenvalue weighted by Crippen LogP contribution is -2.40. The van der Waals surface area contributed by atoms with Crippen LogP contribution in [0.5, 0.6) is 5.75 Å². The van der Waals surface area contributed by atoms with Gasteiger partial charge in [0.05, 0.1) is 12.3 Å². The molecular weight excluding hydrogens is 316 g/mol. The number of nitrogens with one attached hydrogen (secondary N) is 2. The number of aryl methyl sites for hydroxylation is 1. The van der Waals surface area contributed by atoms with Crippen LogP contribution in [0.25, 0.3) is 0 Å². The van der Waals surface area contributed by atoms with E-state index < -0.39 is 10.0 Å². The maximum absolute atomic E-state index is 10.9. The van der Waals surface area contributed by atoms with Crippen LogP contribution in [-0.4, -0.2) is 45.9 Å². The molecule has 1 aromatic carbocycles. The van der Waals surface area contributed by atoms with E-state index in [0.29, 0.717) is 19.0 Å². The molecule has 0 fully saturated rings. The lowest BCUT2D eigenvalue weighted by atomic mass is 10.2. The maximum Gasteiger partial charge on any atom is 0.210 e. The van der Waals surface area contributed by atoms with Crippen LogP contribution in [0.15, 0.2) is 29.3 Å². The third kappa shape index (κ3) is 9.04. The van der Waals surface area contributed by atoms with Crippen LogP contribution in [0.2, 0.25) is 0 Å². The number of guanidine groups is 1. The van der Waals surface area contributed by atoms with Crippen molar-refractivity contribution in [3.05, 3.63) is 29.8 Å². The molecule has 0 aliphatic rings. The van der Waals surface area contributed by atoms with Gasteiger partial charge < -0.3 is 15.4 Å². The van der Waals surface area contributed by atoms with Crippen LogP contribution < -0.4 is 20.5 Å². The van der Waals surface area contributed by atoms with E-state index in [2.05, 4.69) is 15.6 Å². The van der Waals surface area contributed by atoms with Gasteiger partial charge in [-0.15, -0.1) is 0 Å². The summed E-state index contributed by atoms with van der Waals surface area (Å²) in [6.45, 7) is 7.20. The third-order valence-electron chi connectivity index (χ3n) is 2.86. The highest BCUT2D eigenvalue weighted by molar-refractivity contribution is 7.89. The second-order valence-corrected chi connectivity index (χ2v) is 6.99. The zero-order chi connectivity index (χ0) is 17.3. The fourth-order valence-electron chi connectivity index (χ4n) is 1.83. The van der Waals surface area contributed by atoms with Gasteiger partial charge in [0.25, 0.3) is 0 Å². The van der Waals surface area contributed by atoms with Crippen molar-refractivity contribution < 1.29 is 13.2 Å². The minimum absolute atomic E-state index is 0.106. The van der Waals surface area contributed by atoms with Crippen molar-refractivity contribution in [3.8, 4) is 5.75 Å². The number of hydrogen-bond donors (Lipinski definition) is 3. The number of hydrogen-bond acceptors (Lipinski definition) is 4. The van der Waals surface area contributed by atoms with Crippen molar-refractivity contribution in [1.29, 1.82) is 0 Å². The maximum atomic E-state index is 10.9. The largest absolute Gasteiger partial charge is 0.489 e. The number of benzene rings is 1. The van der Waals surface area contributed by atoms with Crippen LogP contribution in [-0.2, 0) is 10.0 Å². The van der Waals surface area contributed by atoms with Crippen LogP contribution >= 0.6 is 0 Å². The van der Waals surface area contributed by atoms with Gasteiger partial charge in [-0.3, -0.25) is 0 Å². The molecule has 0 spiro atoms. The topological polar surface area (TPSA) is 106 Å². The highest BCUT2D eigenvalue weighted by atomic mass is 32.2. The van der Waals surface area contributed by atoms with E-state index in [4.69, 9.17) is 9.88 Å². The first-order chi connectivity index (χ1) is 10.8. The minimum Gasteiger partial charge on any atom is -0.489 e. The van der Waals surface area contributed by atoms with E-state index in [1.807, 2.05) is 45.0 Å². The molecule has 23 heavy (non-hydrogen) atoms. The van der Waals surface area contributed by atoms with Crippen molar-refractivity contribution in [3.63, 3.8) is 0 Å². The highest BCUT2D eigenvalue weighted by Crippen LogP contribution is 2.14. The fraction of sp³-hybridized carbons (Fsp3) is 0.533. The molecule has 0 aliphatic heterocycles. The first-order valence-electron chi connectivity index (χ1n) is 7.56. The molecule has 8 heteroatoms. The van der Waals surface area contributed by atoms with Gasteiger partial charge in [-0.05, 0) is 38.5 Å². The molecule has 1 rings (SSSR count). The smallest absolute Gasteiger partial charge is 0.210 e. The van der Waals surface area contributed by atoms with Crippen molar-refractivity contribution in [1.82, 2.24) is 10.6 Å². The highest BCUT2D eigenvalue weighted by Gasteiger charge is 2.06. The fourth-order valence-corrected chi connectivity index (χ4v) is 2.22. The Morgan fingerprint density at radius 1 is 1.39 bits per heavy atom. The number of sulfonamides is 1. The van der Waals surface area contributed by atoms with E-state index in [1.165, 1.54) is 0 Å². The van der Waals surface area contributed by atoms with Gasteiger partial charge in [-0.1, -0.05) is 12.1 Å². The molecular formula is C15H26N4O3S. The monoisotopic (exact) mass is 342 g/mol. The number of ether oxygens (including phenoxy) is 1. The first-order valence-corrected chi connectivity index (χ1v) is 9.27. The molecule has 1 unspecified atom stereocenters. The van der Waals surface area contributed by atoms with Crippen molar-refractivity contribution >= 4 is 16.0 Å². The van der Waals surface area contributed by atoms with Gasteiger partial charge in [-0.25, -0.2) is 18.5 Å². The molecule has 0 bridgehead atoms. The molecule has 4 N–H and O–H groups in total. The zero-order valence-corrected chi connectivity index (χ0v) is 14.7. The van der Waals surface area contributed by atoms with Crippen LogP contribution in [0.4, 0.5) is 0 Å². The number of nitrogens with two attached hydrogens (primary N) is 1. The van der Waals surface area contributed by atoms with E-state index in [0.717, 1.165) is 11.3 Å². The van der Waals surface area contributed by atoms with Gasteiger partial charge in [0, 0.05) is 13.1 Å². The summed E-state index contributed by atoms with van der Waals surface area (Å²) in [5, 5.41) is 10.9. The molecule has 0 saturated carbocycles. The van der Waals surface area contributed by atoms with Gasteiger partial charge in [0.2, 0.25) is 10.0 Å². The summed E-state index contributed by atoms with van der Waals surface area (Å²) in [6.07, 6.45) is -0.106. The Labute approximate surface area is 138 Å². The van der Waals surface area contributed by atoms with E-state index in [9.17, 15) is 8.42 Å². The van der Waals surface area contributed by atoms with Crippen molar-refractivity contribution in [2.75, 3.05) is 25.4 Å². The summed E-state index contributed by atoms with van der Waals surface area (Å²) in [6, 6.07) is 7.83. The number of aliphatic imine (C=N–C) groups is 1. The summed E-state index contributed by atoms with van der Waals surface area (Å²) in [7, 11) is -3.48. The second kappa shape index (κ2) is 9.36.